The summed E-state index contributed by atoms with van der Waals surface area (Å²) in [4.78, 5) is 12.2. The highest BCUT2D eigenvalue weighted by Gasteiger charge is 2.59. The number of aliphatic hydroxyl groups excluding tert-OH is 20. The first kappa shape index (κ1) is 65.3. The van der Waals surface area contributed by atoms with E-state index in [1.807, 2.05) is 0 Å². The summed E-state index contributed by atoms with van der Waals surface area (Å²) in [6.07, 6.45) is -65.1. The Bertz CT molecular complexity index is 1840. The van der Waals surface area contributed by atoms with Gasteiger partial charge in [-0.1, -0.05) is 0 Å². The largest absolute Gasteiger partial charge is 0.394 e. The summed E-state index contributed by atoms with van der Waals surface area (Å²) in [7, 11) is 0. The van der Waals surface area contributed by atoms with Crippen LogP contribution < -0.4 is 5.32 Å². The predicted octanol–water partition coefficient (Wildman–Crippen LogP) is -13.4. The van der Waals surface area contributed by atoms with E-state index in [4.69, 9.17) is 56.8 Å². The molecular formula is C44H77NO33. The Hall–Kier alpha value is -1.81. The predicted molar refractivity (Wildman–Crippen MR) is 241 cm³/mol. The van der Waals surface area contributed by atoms with Gasteiger partial charge in [0.15, 0.2) is 37.7 Å². The molecule has 456 valence electrons. The first-order valence-corrected chi connectivity index (χ1v) is 25.1. The lowest BCUT2D eigenvalue weighted by Gasteiger charge is -2.52. The summed E-state index contributed by atoms with van der Waals surface area (Å²) in [5.41, 5.74) is 0. The van der Waals surface area contributed by atoms with E-state index in [1.165, 1.54) is 20.8 Å². The van der Waals surface area contributed by atoms with Crippen molar-refractivity contribution in [1.82, 2.24) is 5.32 Å². The van der Waals surface area contributed by atoms with Crippen LogP contribution in [0.1, 0.15) is 27.7 Å². The molecule has 34 nitrogen and oxygen atoms in total. The Kier molecular flexibility index (Phi) is 23.6. The summed E-state index contributed by atoms with van der Waals surface area (Å²) in [5.74, 6) is -0.816. The van der Waals surface area contributed by atoms with Gasteiger partial charge in [0.1, 0.15) is 146 Å². The summed E-state index contributed by atoms with van der Waals surface area (Å²) >= 11 is 0. The first-order chi connectivity index (χ1) is 36.7. The maximum absolute atomic E-state index is 12.4. The second kappa shape index (κ2) is 28.2. The summed E-state index contributed by atoms with van der Waals surface area (Å²) in [6.45, 7) is -0.690. The maximum Gasteiger partial charge on any atom is 0.217 e. The molecule has 0 spiro atoms. The van der Waals surface area contributed by atoms with Gasteiger partial charge in [0, 0.05) is 6.92 Å². The second-order valence-corrected chi connectivity index (χ2v) is 20.0. The van der Waals surface area contributed by atoms with Gasteiger partial charge >= 0.3 is 0 Å². The summed E-state index contributed by atoms with van der Waals surface area (Å²) < 4.78 is 71.0. The molecule has 6 fully saturated rings. The summed E-state index contributed by atoms with van der Waals surface area (Å²) in [5, 5.41) is 219. The van der Waals surface area contributed by atoms with Crippen molar-refractivity contribution >= 4 is 5.91 Å². The lowest BCUT2D eigenvalue weighted by Crippen LogP contribution is -2.70. The highest BCUT2D eigenvalue weighted by Crippen LogP contribution is 2.39. The van der Waals surface area contributed by atoms with E-state index in [0.717, 1.165) is 6.92 Å². The number of aliphatic hydroxyl groups is 20. The normalized spacial score (nSPS) is 49.1. The molecule has 6 saturated heterocycles. The first-order valence-electron chi connectivity index (χ1n) is 25.1. The second-order valence-electron chi connectivity index (χ2n) is 20.0. The van der Waals surface area contributed by atoms with Crippen molar-refractivity contribution in [1.29, 1.82) is 0 Å². The highest BCUT2D eigenvalue weighted by atomic mass is 16.8. The third-order valence-electron chi connectivity index (χ3n) is 14.5. The fraction of sp³-hybridized carbons (Fsp3) is 0.977. The van der Waals surface area contributed by atoms with Gasteiger partial charge in [0.05, 0.1) is 57.4 Å². The number of rotatable bonds is 21. The molecular weight excluding hydrogens is 1070 g/mol. The van der Waals surface area contributed by atoms with Crippen molar-refractivity contribution in [3.63, 3.8) is 0 Å². The lowest BCUT2D eigenvalue weighted by molar-refractivity contribution is -0.418. The zero-order valence-electron chi connectivity index (χ0n) is 42.4. The van der Waals surface area contributed by atoms with Gasteiger partial charge in [-0.2, -0.15) is 0 Å². The van der Waals surface area contributed by atoms with E-state index in [2.05, 4.69) is 5.32 Å². The Balaban J connectivity index is 1.42. The van der Waals surface area contributed by atoms with Crippen molar-refractivity contribution in [3.8, 4) is 0 Å². The van der Waals surface area contributed by atoms with Crippen LogP contribution in [0.15, 0.2) is 0 Å². The van der Waals surface area contributed by atoms with Gasteiger partial charge < -0.3 is 164 Å². The molecule has 34 atom stereocenters. The van der Waals surface area contributed by atoms with Gasteiger partial charge in [-0.25, -0.2) is 0 Å². The number of amides is 1. The van der Waals surface area contributed by atoms with Gasteiger partial charge in [-0.05, 0) is 20.8 Å². The molecule has 78 heavy (non-hydrogen) atoms. The van der Waals surface area contributed by atoms with E-state index in [1.54, 1.807) is 0 Å². The molecule has 21 N–H and O–H groups in total. The van der Waals surface area contributed by atoms with Crippen LogP contribution in [0.25, 0.3) is 0 Å². The third kappa shape index (κ3) is 14.0. The lowest BCUT2D eigenvalue weighted by atomic mass is 9.94. The van der Waals surface area contributed by atoms with E-state index in [0.29, 0.717) is 0 Å². The number of hydrogen-bond donors (Lipinski definition) is 21. The average Bonchev–Trinajstić information content (AvgIpc) is 3.48. The molecule has 6 rings (SSSR count). The standard InChI is InChI=1S/C44H77NO33/c1-10-19(53)25(59)29(63)39(67-10)76-36-28(62)23(57)16(7-48)70-42(36)75-35-24(58)17(8-49)71-44(38(35)78-41-31(65)27(61)21(55)12(3)69-41)74-34-18(9-50)72-43(73-33(22(56)15(52)6-47)14(5-46)45-13(4)51)37(32(34)66)77-40-30(64)26(60)20(54)11(2)68-40/h10-12,14-44,46-50,52-66H,5-9H2,1-4H3,(H,45,51)/t10-,11-,12-,14-,15+,16+,17+,18+,19+,20+,21+,22-,23-,24-,25+,26+,27+,28-,29-,30-,31-,32-,33+,34-,35-,36+,37+,38+,39-,40-,41-,42+,43-,44-/m0/s1. The minimum atomic E-state index is -2.36. The quantitative estimate of drug-likeness (QED) is 0.0507. The Morgan fingerprint density at radius 3 is 1.22 bits per heavy atom. The van der Waals surface area contributed by atoms with Crippen LogP contribution in [0.4, 0.5) is 0 Å². The van der Waals surface area contributed by atoms with Crippen molar-refractivity contribution < 1.29 is 164 Å². The van der Waals surface area contributed by atoms with Crippen molar-refractivity contribution in [2.45, 2.75) is 236 Å². The Labute approximate surface area is 443 Å². The van der Waals surface area contributed by atoms with Gasteiger partial charge in [-0.15, -0.1) is 0 Å². The third-order valence-corrected chi connectivity index (χ3v) is 14.5. The smallest absolute Gasteiger partial charge is 0.217 e. The molecule has 0 bridgehead atoms. The van der Waals surface area contributed by atoms with Crippen LogP contribution in [0, 0.1) is 0 Å². The van der Waals surface area contributed by atoms with Crippen LogP contribution in [-0.4, -0.2) is 350 Å². The van der Waals surface area contributed by atoms with Gasteiger partial charge in [-0.3, -0.25) is 4.79 Å². The molecule has 0 aliphatic carbocycles. The van der Waals surface area contributed by atoms with Gasteiger partial charge in [0.25, 0.3) is 0 Å². The molecule has 0 aromatic rings. The Morgan fingerprint density at radius 2 is 0.795 bits per heavy atom. The van der Waals surface area contributed by atoms with E-state index in [-0.39, 0.29) is 0 Å². The number of carbonyl (C=O) groups excluding carboxylic acids is 1. The minimum Gasteiger partial charge on any atom is -0.394 e. The molecule has 6 aliphatic rings. The molecule has 6 heterocycles. The fourth-order valence-electron chi connectivity index (χ4n) is 9.77. The van der Waals surface area contributed by atoms with E-state index < -0.39 is 248 Å². The molecule has 0 aromatic heterocycles. The molecule has 0 unspecified atom stereocenters. The molecule has 1 amide bonds. The maximum atomic E-state index is 12.4. The van der Waals surface area contributed by atoms with Crippen LogP contribution in [0.2, 0.25) is 0 Å². The topological polar surface area (TPSA) is 544 Å². The van der Waals surface area contributed by atoms with Crippen molar-refractivity contribution in [3.05, 3.63) is 0 Å². The molecule has 0 radical (unpaired) electrons. The highest BCUT2D eigenvalue weighted by molar-refractivity contribution is 5.73. The van der Waals surface area contributed by atoms with Crippen LogP contribution in [-0.2, 0) is 61.6 Å². The molecule has 6 aliphatic heterocycles. The number of hydrogen-bond acceptors (Lipinski definition) is 33. The number of ether oxygens (including phenoxy) is 12. The summed E-state index contributed by atoms with van der Waals surface area (Å²) in [6, 6.07) is -1.65. The van der Waals surface area contributed by atoms with Crippen molar-refractivity contribution in [2.75, 3.05) is 33.0 Å². The zero-order chi connectivity index (χ0) is 57.9. The van der Waals surface area contributed by atoms with E-state index >= 15 is 0 Å². The monoisotopic (exact) mass is 1150 g/mol. The SMILES string of the molecule is CC(=O)N[C@@H](CO)[C@@H](O[C@@H]1O[C@H](CO)[C@H](O[C@@H]2O[C@H](CO)[C@H](O)[C@H](O[C@H]3O[C@H](CO)[C@H](O)[C@H](O)[C@H]3O[C@@H]3O[C@@H](C)[C@@H](O)[C@@H](O)[C@@H]3O)[C@H]2O[C@@H]2O[C@@H](C)[C@@H](O)[C@@H](O)[C@@H]2O)[C@H](O)[C@H]1O[C@@H]1O[C@@H](C)[C@@H](O)[C@@H](O)[C@@H]1O)[C@@H](O)[C@H](O)CO. The van der Waals surface area contributed by atoms with Crippen LogP contribution in [0.5, 0.6) is 0 Å². The molecule has 0 aromatic carbocycles. The Morgan fingerprint density at radius 1 is 0.410 bits per heavy atom. The average molecular weight is 1150 g/mol. The minimum absolute atomic E-state index is 0.816. The van der Waals surface area contributed by atoms with Crippen molar-refractivity contribution in [2.24, 2.45) is 0 Å². The number of carbonyl (C=O) groups is 1. The van der Waals surface area contributed by atoms with Crippen LogP contribution in [0.3, 0.4) is 0 Å². The molecule has 34 heteroatoms. The molecule has 0 saturated carbocycles. The number of nitrogens with one attached hydrogen (secondary N) is 1. The zero-order valence-corrected chi connectivity index (χ0v) is 42.4. The van der Waals surface area contributed by atoms with Gasteiger partial charge in [0.2, 0.25) is 5.91 Å². The van der Waals surface area contributed by atoms with Crippen LogP contribution >= 0.6 is 0 Å². The fourth-order valence-corrected chi connectivity index (χ4v) is 9.77. The van der Waals surface area contributed by atoms with E-state index in [9.17, 15) is 107 Å².